The molecular formula is C20H20N2O2S. The summed E-state index contributed by atoms with van der Waals surface area (Å²) in [4.78, 5) is 16.5. The van der Waals surface area contributed by atoms with Crippen LogP contribution in [0.1, 0.15) is 26.6 Å². The molecule has 0 fully saturated rings. The average molecular weight is 352 g/mol. The molecule has 5 heteroatoms. The zero-order chi connectivity index (χ0) is 17.5. The number of amides is 1. The van der Waals surface area contributed by atoms with Crippen LogP contribution in [0.4, 0.5) is 0 Å². The summed E-state index contributed by atoms with van der Waals surface area (Å²) >= 11 is 1.58. The van der Waals surface area contributed by atoms with E-state index in [4.69, 9.17) is 4.74 Å². The monoisotopic (exact) mass is 352 g/mol. The predicted molar refractivity (Wildman–Crippen MR) is 100 cm³/mol. The van der Waals surface area contributed by atoms with Crippen LogP contribution in [0, 0.1) is 6.92 Å². The van der Waals surface area contributed by atoms with E-state index in [-0.39, 0.29) is 5.91 Å². The highest BCUT2D eigenvalue weighted by Gasteiger charge is 2.06. The first-order valence-corrected chi connectivity index (χ1v) is 9.05. The van der Waals surface area contributed by atoms with Gasteiger partial charge in [0.2, 0.25) is 0 Å². The van der Waals surface area contributed by atoms with E-state index < -0.39 is 0 Å². The van der Waals surface area contributed by atoms with Crippen LogP contribution in [-0.2, 0) is 13.0 Å². The SMILES string of the molecule is Cc1csc(COc2ccc(C(=O)NCCc3ccccc3)cc2)n1. The number of hydrogen-bond acceptors (Lipinski definition) is 4. The van der Waals surface area contributed by atoms with Gasteiger partial charge in [0.25, 0.3) is 5.91 Å². The highest BCUT2D eigenvalue weighted by atomic mass is 32.1. The Labute approximate surface area is 151 Å². The summed E-state index contributed by atoms with van der Waals surface area (Å²) in [7, 11) is 0. The molecular weight excluding hydrogens is 332 g/mol. The van der Waals surface area contributed by atoms with Crippen molar-refractivity contribution in [3.63, 3.8) is 0 Å². The number of ether oxygens (including phenoxy) is 1. The standard InChI is InChI=1S/C20H20N2O2S/c1-15-14-25-19(22-15)13-24-18-9-7-17(8-10-18)20(23)21-12-11-16-5-3-2-4-6-16/h2-10,14H,11-13H2,1H3,(H,21,23). The second-order valence-corrected chi connectivity index (χ2v) is 6.63. The predicted octanol–water partition coefficient (Wildman–Crippen LogP) is 4.00. The third-order valence-corrected chi connectivity index (χ3v) is 4.63. The lowest BCUT2D eigenvalue weighted by Gasteiger charge is -2.07. The summed E-state index contributed by atoms with van der Waals surface area (Å²) in [5, 5.41) is 5.89. The number of benzene rings is 2. The molecule has 0 spiro atoms. The molecule has 0 unspecified atom stereocenters. The Hall–Kier alpha value is -2.66. The summed E-state index contributed by atoms with van der Waals surface area (Å²) < 4.78 is 5.70. The normalized spacial score (nSPS) is 10.4. The smallest absolute Gasteiger partial charge is 0.251 e. The fraction of sp³-hybridized carbons (Fsp3) is 0.200. The third-order valence-electron chi connectivity index (χ3n) is 3.69. The van der Waals surface area contributed by atoms with Crippen molar-refractivity contribution in [3.05, 3.63) is 81.8 Å². The number of carbonyl (C=O) groups is 1. The minimum atomic E-state index is -0.0713. The summed E-state index contributed by atoms with van der Waals surface area (Å²) in [6, 6.07) is 17.3. The lowest BCUT2D eigenvalue weighted by molar-refractivity contribution is 0.0954. The van der Waals surface area contributed by atoms with Gasteiger partial charge in [-0.2, -0.15) is 0 Å². The Balaban J connectivity index is 1.46. The minimum absolute atomic E-state index is 0.0713. The molecule has 0 aliphatic rings. The molecule has 0 atom stereocenters. The van der Waals surface area contributed by atoms with Crippen LogP contribution in [0.5, 0.6) is 5.75 Å². The molecule has 1 N–H and O–H groups in total. The largest absolute Gasteiger partial charge is 0.486 e. The fourth-order valence-corrected chi connectivity index (χ4v) is 3.07. The van der Waals surface area contributed by atoms with Gasteiger partial charge in [-0.25, -0.2) is 4.98 Å². The maximum absolute atomic E-state index is 12.2. The summed E-state index contributed by atoms with van der Waals surface area (Å²) in [5.74, 6) is 0.659. The highest BCUT2D eigenvalue weighted by Crippen LogP contribution is 2.16. The van der Waals surface area contributed by atoms with Crippen LogP contribution in [0.2, 0.25) is 0 Å². The topological polar surface area (TPSA) is 51.2 Å². The Bertz CT molecular complexity index is 813. The summed E-state index contributed by atoms with van der Waals surface area (Å²) in [6.07, 6.45) is 0.820. The Morgan fingerprint density at radius 3 is 2.56 bits per heavy atom. The number of aryl methyl sites for hydroxylation is 1. The first-order valence-electron chi connectivity index (χ1n) is 8.17. The Morgan fingerprint density at radius 1 is 1.12 bits per heavy atom. The van der Waals surface area contributed by atoms with Crippen LogP contribution >= 0.6 is 11.3 Å². The molecule has 0 saturated carbocycles. The van der Waals surface area contributed by atoms with E-state index in [0.717, 1.165) is 22.9 Å². The lowest BCUT2D eigenvalue weighted by atomic mass is 10.1. The zero-order valence-corrected chi connectivity index (χ0v) is 14.9. The van der Waals surface area contributed by atoms with E-state index in [1.54, 1.807) is 23.5 Å². The first kappa shape index (κ1) is 17.2. The summed E-state index contributed by atoms with van der Waals surface area (Å²) in [5.41, 5.74) is 2.85. The first-order chi connectivity index (χ1) is 12.2. The molecule has 128 valence electrons. The number of rotatable bonds is 7. The van der Waals surface area contributed by atoms with Crippen molar-refractivity contribution in [1.29, 1.82) is 0 Å². The van der Waals surface area contributed by atoms with E-state index in [2.05, 4.69) is 22.4 Å². The molecule has 0 radical (unpaired) electrons. The number of nitrogens with one attached hydrogen (secondary N) is 1. The van der Waals surface area contributed by atoms with Gasteiger partial charge in [-0.05, 0) is 43.2 Å². The summed E-state index contributed by atoms with van der Waals surface area (Å²) in [6.45, 7) is 3.02. The number of hydrogen-bond donors (Lipinski definition) is 1. The van der Waals surface area contributed by atoms with Gasteiger partial charge in [-0.3, -0.25) is 4.79 Å². The van der Waals surface area contributed by atoms with Crippen LogP contribution in [0.15, 0.2) is 60.0 Å². The van der Waals surface area contributed by atoms with Gasteiger partial charge in [0.15, 0.2) is 0 Å². The van der Waals surface area contributed by atoms with Crippen molar-refractivity contribution in [3.8, 4) is 5.75 Å². The van der Waals surface area contributed by atoms with Crippen molar-refractivity contribution in [1.82, 2.24) is 10.3 Å². The van der Waals surface area contributed by atoms with Gasteiger partial charge in [-0.15, -0.1) is 11.3 Å². The molecule has 1 amide bonds. The van der Waals surface area contributed by atoms with Gasteiger partial charge >= 0.3 is 0 Å². The molecule has 0 bridgehead atoms. The molecule has 0 aliphatic carbocycles. The second-order valence-electron chi connectivity index (χ2n) is 5.69. The van der Waals surface area contributed by atoms with E-state index in [0.29, 0.717) is 18.7 Å². The van der Waals surface area contributed by atoms with Gasteiger partial charge in [0.05, 0.1) is 0 Å². The molecule has 0 aliphatic heterocycles. The zero-order valence-electron chi connectivity index (χ0n) is 14.1. The maximum atomic E-state index is 12.2. The van der Waals surface area contributed by atoms with Crippen molar-refractivity contribution in [2.75, 3.05) is 6.54 Å². The van der Waals surface area contributed by atoms with E-state index in [1.807, 2.05) is 42.6 Å². The van der Waals surface area contributed by atoms with Crippen molar-refractivity contribution in [2.24, 2.45) is 0 Å². The third kappa shape index (κ3) is 5.16. The molecule has 4 nitrogen and oxygen atoms in total. The van der Waals surface area contributed by atoms with Crippen molar-refractivity contribution >= 4 is 17.2 Å². The molecule has 1 aromatic heterocycles. The average Bonchev–Trinajstić information content (AvgIpc) is 3.06. The van der Waals surface area contributed by atoms with Gasteiger partial charge in [0, 0.05) is 23.2 Å². The van der Waals surface area contributed by atoms with Crippen molar-refractivity contribution in [2.45, 2.75) is 20.0 Å². The number of thiazole rings is 1. The molecule has 2 aromatic carbocycles. The van der Waals surface area contributed by atoms with Gasteiger partial charge < -0.3 is 10.1 Å². The van der Waals surface area contributed by atoms with E-state index in [1.165, 1.54) is 5.56 Å². The van der Waals surface area contributed by atoms with Crippen LogP contribution < -0.4 is 10.1 Å². The van der Waals surface area contributed by atoms with Crippen LogP contribution in [0.25, 0.3) is 0 Å². The fourth-order valence-electron chi connectivity index (χ4n) is 2.38. The Kier molecular flexibility index (Phi) is 5.80. The minimum Gasteiger partial charge on any atom is -0.486 e. The van der Waals surface area contributed by atoms with Crippen molar-refractivity contribution < 1.29 is 9.53 Å². The highest BCUT2D eigenvalue weighted by molar-refractivity contribution is 7.09. The lowest BCUT2D eigenvalue weighted by Crippen LogP contribution is -2.25. The maximum Gasteiger partial charge on any atom is 0.251 e. The Morgan fingerprint density at radius 2 is 1.88 bits per heavy atom. The van der Waals surface area contributed by atoms with E-state index >= 15 is 0 Å². The van der Waals surface area contributed by atoms with Crippen LogP contribution in [-0.4, -0.2) is 17.4 Å². The molecule has 3 rings (SSSR count). The second kappa shape index (κ2) is 8.44. The number of nitrogens with zero attached hydrogens (tertiary/aromatic N) is 1. The van der Waals surface area contributed by atoms with Crippen LogP contribution in [0.3, 0.4) is 0 Å². The molecule has 0 saturated heterocycles. The molecule has 25 heavy (non-hydrogen) atoms. The van der Waals surface area contributed by atoms with Gasteiger partial charge in [0.1, 0.15) is 17.4 Å². The van der Waals surface area contributed by atoms with Gasteiger partial charge in [-0.1, -0.05) is 30.3 Å². The molecule has 3 aromatic rings. The quantitative estimate of drug-likeness (QED) is 0.699. The number of carbonyl (C=O) groups excluding carboxylic acids is 1. The number of aromatic nitrogens is 1. The van der Waals surface area contributed by atoms with E-state index in [9.17, 15) is 4.79 Å². The molecule has 1 heterocycles.